The van der Waals surface area contributed by atoms with E-state index in [2.05, 4.69) is 9.97 Å². The van der Waals surface area contributed by atoms with Crippen LogP contribution in [0.3, 0.4) is 0 Å². The highest BCUT2D eigenvalue weighted by molar-refractivity contribution is 5.88. The number of rotatable bonds is 4. The lowest BCUT2D eigenvalue weighted by atomic mass is 10.1. The molecule has 0 unspecified atom stereocenters. The highest BCUT2D eigenvalue weighted by Gasteiger charge is 2.09. The fourth-order valence-electron chi connectivity index (χ4n) is 2.18. The number of imidazole rings is 1. The first kappa shape index (κ1) is 13.9. The van der Waals surface area contributed by atoms with E-state index in [1.54, 1.807) is 19.5 Å². The number of ether oxygens (including phenoxy) is 2. The molecule has 0 bridgehead atoms. The van der Waals surface area contributed by atoms with Crippen LogP contribution in [0, 0.1) is 11.3 Å². The minimum atomic E-state index is 0.295. The second-order valence-electron chi connectivity index (χ2n) is 4.83. The van der Waals surface area contributed by atoms with Crippen LogP contribution in [0.2, 0.25) is 0 Å². The molecule has 0 N–H and O–H groups in total. The first-order chi connectivity index (χ1) is 10.7. The number of benzene rings is 1. The number of pyridine rings is 1. The van der Waals surface area contributed by atoms with E-state index in [1.165, 1.54) is 0 Å². The molecule has 6 heteroatoms. The molecule has 0 aliphatic rings. The quantitative estimate of drug-likeness (QED) is 0.739. The Labute approximate surface area is 127 Å². The molecule has 1 aromatic carbocycles. The van der Waals surface area contributed by atoms with Crippen LogP contribution >= 0.6 is 0 Å². The van der Waals surface area contributed by atoms with Gasteiger partial charge < -0.3 is 14.0 Å². The van der Waals surface area contributed by atoms with Crippen molar-refractivity contribution in [1.29, 1.82) is 5.26 Å². The molecular weight excluding hydrogens is 280 g/mol. The average molecular weight is 294 g/mol. The molecule has 0 spiro atoms. The lowest BCUT2D eigenvalue weighted by Gasteiger charge is -2.09. The molecule has 22 heavy (non-hydrogen) atoms. The molecule has 0 saturated carbocycles. The SMILES string of the molecule is COc1ccc2c(OCc3cn(C)cn3)nc(C#N)cc2c1. The van der Waals surface area contributed by atoms with Gasteiger partial charge in [-0.25, -0.2) is 9.97 Å². The largest absolute Gasteiger partial charge is 0.497 e. The summed E-state index contributed by atoms with van der Waals surface area (Å²) < 4.78 is 12.8. The van der Waals surface area contributed by atoms with Crippen LogP contribution in [-0.2, 0) is 13.7 Å². The molecule has 0 radical (unpaired) electrons. The predicted molar refractivity (Wildman–Crippen MR) is 80.6 cm³/mol. The molecule has 110 valence electrons. The van der Waals surface area contributed by atoms with Gasteiger partial charge >= 0.3 is 0 Å². The zero-order chi connectivity index (χ0) is 15.5. The maximum atomic E-state index is 9.12. The van der Waals surface area contributed by atoms with Crippen molar-refractivity contribution in [3.05, 3.63) is 48.2 Å². The number of fused-ring (bicyclic) bond motifs is 1. The third-order valence-corrected chi connectivity index (χ3v) is 3.23. The summed E-state index contributed by atoms with van der Waals surface area (Å²) in [4.78, 5) is 8.44. The predicted octanol–water partition coefficient (Wildman–Crippen LogP) is 2.43. The van der Waals surface area contributed by atoms with Gasteiger partial charge in [0.15, 0.2) is 0 Å². The van der Waals surface area contributed by atoms with E-state index in [-0.39, 0.29) is 0 Å². The van der Waals surface area contributed by atoms with Crippen molar-refractivity contribution in [3.63, 3.8) is 0 Å². The summed E-state index contributed by atoms with van der Waals surface area (Å²) in [5.74, 6) is 1.14. The van der Waals surface area contributed by atoms with Crippen LogP contribution < -0.4 is 9.47 Å². The molecule has 2 aromatic heterocycles. The third-order valence-electron chi connectivity index (χ3n) is 3.23. The Bertz CT molecular complexity index is 864. The molecule has 3 aromatic rings. The van der Waals surface area contributed by atoms with Crippen LogP contribution in [0.15, 0.2) is 36.8 Å². The van der Waals surface area contributed by atoms with Gasteiger partial charge in [0.2, 0.25) is 5.88 Å². The molecule has 0 fully saturated rings. The fraction of sp³-hybridized carbons (Fsp3) is 0.188. The van der Waals surface area contributed by atoms with Gasteiger partial charge in [-0.1, -0.05) is 0 Å². The smallest absolute Gasteiger partial charge is 0.223 e. The fourth-order valence-corrected chi connectivity index (χ4v) is 2.18. The highest BCUT2D eigenvalue weighted by Crippen LogP contribution is 2.28. The molecule has 0 aliphatic heterocycles. The molecule has 2 heterocycles. The van der Waals surface area contributed by atoms with Gasteiger partial charge in [0, 0.05) is 18.6 Å². The van der Waals surface area contributed by atoms with Gasteiger partial charge in [-0.2, -0.15) is 5.26 Å². The standard InChI is InChI=1S/C16H14N4O2/c1-20-8-13(18-10-20)9-22-16-15-4-3-14(21-2)6-11(15)5-12(7-17)19-16/h3-6,8,10H,9H2,1-2H3. The van der Waals surface area contributed by atoms with E-state index in [0.29, 0.717) is 18.2 Å². The van der Waals surface area contributed by atoms with Crippen molar-refractivity contribution in [2.75, 3.05) is 7.11 Å². The van der Waals surface area contributed by atoms with E-state index in [1.807, 2.05) is 42.1 Å². The van der Waals surface area contributed by atoms with Gasteiger partial charge in [-0.05, 0) is 29.7 Å². The maximum Gasteiger partial charge on any atom is 0.223 e. The first-order valence-corrected chi connectivity index (χ1v) is 6.68. The van der Waals surface area contributed by atoms with Crippen LogP contribution in [0.25, 0.3) is 10.8 Å². The van der Waals surface area contributed by atoms with Gasteiger partial charge in [0.1, 0.15) is 24.1 Å². The highest BCUT2D eigenvalue weighted by atomic mass is 16.5. The van der Waals surface area contributed by atoms with Crippen molar-refractivity contribution >= 4 is 10.8 Å². The Balaban J connectivity index is 1.98. The number of aryl methyl sites for hydroxylation is 1. The van der Waals surface area contributed by atoms with Gasteiger partial charge in [0.05, 0.1) is 19.1 Å². The summed E-state index contributed by atoms with van der Waals surface area (Å²) in [6, 6.07) is 9.32. The molecular formula is C16H14N4O2. The average Bonchev–Trinajstić information content (AvgIpc) is 2.97. The maximum absolute atomic E-state index is 9.12. The van der Waals surface area contributed by atoms with Gasteiger partial charge in [-0.3, -0.25) is 0 Å². The van der Waals surface area contributed by atoms with Gasteiger partial charge in [-0.15, -0.1) is 0 Å². The zero-order valence-corrected chi connectivity index (χ0v) is 12.3. The minimum Gasteiger partial charge on any atom is -0.497 e. The van der Waals surface area contributed by atoms with E-state index in [0.717, 1.165) is 22.2 Å². The van der Waals surface area contributed by atoms with Crippen molar-refractivity contribution in [2.45, 2.75) is 6.61 Å². The van der Waals surface area contributed by atoms with Crippen molar-refractivity contribution in [2.24, 2.45) is 7.05 Å². The van der Waals surface area contributed by atoms with Crippen LogP contribution in [-0.4, -0.2) is 21.6 Å². The number of nitriles is 1. The van der Waals surface area contributed by atoms with Crippen molar-refractivity contribution in [1.82, 2.24) is 14.5 Å². The molecule has 6 nitrogen and oxygen atoms in total. The summed E-state index contributed by atoms with van der Waals surface area (Å²) >= 11 is 0. The van der Waals surface area contributed by atoms with Gasteiger partial charge in [0.25, 0.3) is 0 Å². The summed E-state index contributed by atoms with van der Waals surface area (Å²) in [5.41, 5.74) is 1.10. The van der Waals surface area contributed by atoms with E-state index in [4.69, 9.17) is 14.7 Å². The Hall–Kier alpha value is -3.07. The topological polar surface area (TPSA) is 73.0 Å². The lowest BCUT2D eigenvalue weighted by molar-refractivity contribution is 0.293. The van der Waals surface area contributed by atoms with Crippen molar-refractivity contribution < 1.29 is 9.47 Å². The van der Waals surface area contributed by atoms with E-state index >= 15 is 0 Å². The number of hydrogen-bond donors (Lipinski definition) is 0. The van der Waals surface area contributed by atoms with E-state index < -0.39 is 0 Å². The Morgan fingerprint density at radius 1 is 1.32 bits per heavy atom. The second kappa shape index (κ2) is 5.74. The molecule has 0 aliphatic carbocycles. The zero-order valence-electron chi connectivity index (χ0n) is 12.3. The molecule has 0 amide bonds. The Morgan fingerprint density at radius 2 is 2.18 bits per heavy atom. The number of hydrogen-bond acceptors (Lipinski definition) is 5. The lowest BCUT2D eigenvalue weighted by Crippen LogP contribution is -2.00. The normalized spacial score (nSPS) is 10.4. The summed E-state index contributed by atoms with van der Waals surface area (Å²) in [5, 5.41) is 10.8. The van der Waals surface area contributed by atoms with E-state index in [9.17, 15) is 0 Å². The minimum absolute atomic E-state index is 0.295. The molecule has 3 rings (SSSR count). The van der Waals surface area contributed by atoms with Crippen molar-refractivity contribution in [3.8, 4) is 17.7 Å². The summed E-state index contributed by atoms with van der Waals surface area (Å²) in [6.07, 6.45) is 3.58. The third kappa shape index (κ3) is 2.69. The van der Waals surface area contributed by atoms with Crippen LogP contribution in [0.4, 0.5) is 0 Å². The van der Waals surface area contributed by atoms with Crippen LogP contribution in [0.5, 0.6) is 11.6 Å². The monoisotopic (exact) mass is 294 g/mol. The first-order valence-electron chi connectivity index (χ1n) is 6.68. The van der Waals surface area contributed by atoms with Crippen LogP contribution in [0.1, 0.15) is 11.4 Å². The number of nitrogens with zero attached hydrogens (tertiary/aromatic N) is 4. The summed E-state index contributed by atoms with van der Waals surface area (Å²) in [6.45, 7) is 0.295. The number of aromatic nitrogens is 3. The Morgan fingerprint density at radius 3 is 2.86 bits per heavy atom. The molecule has 0 atom stereocenters. The Kier molecular flexibility index (Phi) is 3.62. The number of methoxy groups -OCH3 is 1. The molecule has 0 saturated heterocycles. The second-order valence-corrected chi connectivity index (χ2v) is 4.83. The summed E-state index contributed by atoms with van der Waals surface area (Å²) in [7, 11) is 3.50.